The third-order valence-electron chi connectivity index (χ3n) is 3.92. The molecule has 0 radical (unpaired) electrons. The predicted octanol–water partition coefficient (Wildman–Crippen LogP) is 2.69. The lowest BCUT2D eigenvalue weighted by Crippen LogP contribution is -2.13. The average molecular weight is 284 g/mol. The molecule has 1 saturated carbocycles. The number of nitrogens with zero attached hydrogens (tertiary/aromatic N) is 2. The maximum Gasteiger partial charge on any atom is 0.227 e. The zero-order valence-corrected chi connectivity index (χ0v) is 12.4. The minimum absolute atomic E-state index is 0.140. The number of hydrogen-bond donors (Lipinski definition) is 2. The molecule has 0 atom stereocenters. The Hall–Kier alpha value is -2.30. The van der Waals surface area contributed by atoms with Crippen LogP contribution in [-0.2, 0) is 18.4 Å². The SMILES string of the molecule is Cc1c(CNc2ccc(NC(=O)C3CC3)cc2)cnn1C. The van der Waals surface area contributed by atoms with Crippen molar-refractivity contribution in [2.45, 2.75) is 26.3 Å². The van der Waals surface area contributed by atoms with Crippen LogP contribution >= 0.6 is 0 Å². The second kappa shape index (κ2) is 5.60. The van der Waals surface area contributed by atoms with Crippen LogP contribution in [0.2, 0.25) is 0 Å². The fraction of sp³-hybridized carbons (Fsp3) is 0.375. The van der Waals surface area contributed by atoms with Gasteiger partial charge in [0, 0.05) is 42.1 Å². The molecule has 1 aromatic heterocycles. The summed E-state index contributed by atoms with van der Waals surface area (Å²) in [5, 5.41) is 10.5. The van der Waals surface area contributed by atoms with E-state index in [2.05, 4.69) is 22.7 Å². The van der Waals surface area contributed by atoms with Crippen molar-refractivity contribution >= 4 is 17.3 Å². The minimum Gasteiger partial charge on any atom is -0.381 e. The van der Waals surface area contributed by atoms with Gasteiger partial charge in [0.2, 0.25) is 5.91 Å². The van der Waals surface area contributed by atoms with E-state index in [1.807, 2.05) is 42.2 Å². The number of rotatable bonds is 5. The molecule has 1 aliphatic rings. The quantitative estimate of drug-likeness (QED) is 0.887. The van der Waals surface area contributed by atoms with E-state index < -0.39 is 0 Å². The zero-order chi connectivity index (χ0) is 14.8. The standard InChI is InChI=1S/C16H20N4O/c1-11-13(10-18-20(11)2)9-17-14-5-7-15(8-6-14)19-16(21)12-3-4-12/h5-8,10,12,17H,3-4,9H2,1-2H3,(H,19,21). The maximum atomic E-state index is 11.7. The molecule has 1 aromatic carbocycles. The third-order valence-corrected chi connectivity index (χ3v) is 3.92. The number of aromatic nitrogens is 2. The molecule has 110 valence electrons. The van der Waals surface area contributed by atoms with Gasteiger partial charge in [0.25, 0.3) is 0 Å². The maximum absolute atomic E-state index is 11.7. The Morgan fingerprint density at radius 2 is 1.95 bits per heavy atom. The molecule has 1 fully saturated rings. The van der Waals surface area contributed by atoms with Crippen molar-refractivity contribution in [3.05, 3.63) is 41.7 Å². The number of nitrogens with one attached hydrogen (secondary N) is 2. The summed E-state index contributed by atoms with van der Waals surface area (Å²) in [5.74, 6) is 0.373. The molecule has 2 aromatic rings. The molecular formula is C16H20N4O. The Kier molecular flexibility index (Phi) is 3.64. The number of anilines is 2. The van der Waals surface area contributed by atoms with Crippen LogP contribution in [-0.4, -0.2) is 15.7 Å². The van der Waals surface area contributed by atoms with E-state index >= 15 is 0 Å². The molecule has 0 bridgehead atoms. The van der Waals surface area contributed by atoms with Gasteiger partial charge in [-0.3, -0.25) is 9.48 Å². The first-order valence-electron chi connectivity index (χ1n) is 7.26. The summed E-state index contributed by atoms with van der Waals surface area (Å²) < 4.78 is 1.87. The van der Waals surface area contributed by atoms with Gasteiger partial charge in [0.1, 0.15) is 0 Å². The lowest BCUT2D eigenvalue weighted by molar-refractivity contribution is -0.117. The largest absolute Gasteiger partial charge is 0.381 e. The molecule has 1 amide bonds. The minimum atomic E-state index is 0.140. The highest BCUT2D eigenvalue weighted by molar-refractivity contribution is 5.94. The van der Waals surface area contributed by atoms with Crippen molar-refractivity contribution in [1.29, 1.82) is 0 Å². The summed E-state index contributed by atoms with van der Waals surface area (Å²) in [7, 11) is 1.94. The van der Waals surface area contributed by atoms with E-state index in [0.29, 0.717) is 0 Å². The van der Waals surface area contributed by atoms with Crippen molar-refractivity contribution in [2.24, 2.45) is 13.0 Å². The summed E-state index contributed by atoms with van der Waals surface area (Å²) in [5.41, 5.74) is 4.23. The zero-order valence-electron chi connectivity index (χ0n) is 12.4. The van der Waals surface area contributed by atoms with Crippen LogP contribution in [0, 0.1) is 12.8 Å². The highest BCUT2D eigenvalue weighted by Crippen LogP contribution is 2.30. The molecule has 0 spiro atoms. The Bertz CT molecular complexity index is 641. The van der Waals surface area contributed by atoms with Crippen LogP contribution in [0.5, 0.6) is 0 Å². The van der Waals surface area contributed by atoms with E-state index in [9.17, 15) is 4.79 Å². The van der Waals surface area contributed by atoms with Crippen molar-refractivity contribution in [1.82, 2.24) is 9.78 Å². The van der Waals surface area contributed by atoms with Gasteiger partial charge in [-0.15, -0.1) is 0 Å². The Labute approximate surface area is 124 Å². The highest BCUT2D eigenvalue weighted by atomic mass is 16.2. The second-order valence-corrected chi connectivity index (χ2v) is 5.57. The van der Waals surface area contributed by atoms with Gasteiger partial charge in [-0.2, -0.15) is 5.10 Å². The molecule has 21 heavy (non-hydrogen) atoms. The molecule has 1 aliphatic carbocycles. The van der Waals surface area contributed by atoms with E-state index in [-0.39, 0.29) is 11.8 Å². The van der Waals surface area contributed by atoms with Crippen LogP contribution in [0.15, 0.2) is 30.5 Å². The molecule has 5 nitrogen and oxygen atoms in total. The molecule has 5 heteroatoms. The molecule has 0 unspecified atom stereocenters. The van der Waals surface area contributed by atoms with Gasteiger partial charge in [0.15, 0.2) is 0 Å². The number of carbonyl (C=O) groups excluding carboxylic acids is 1. The van der Waals surface area contributed by atoms with Crippen molar-refractivity contribution in [3.8, 4) is 0 Å². The number of hydrogen-bond acceptors (Lipinski definition) is 3. The molecule has 0 saturated heterocycles. The van der Waals surface area contributed by atoms with Gasteiger partial charge in [0.05, 0.1) is 6.20 Å². The smallest absolute Gasteiger partial charge is 0.227 e. The van der Waals surface area contributed by atoms with Gasteiger partial charge in [-0.1, -0.05) is 0 Å². The number of carbonyl (C=O) groups is 1. The van der Waals surface area contributed by atoms with E-state index in [1.165, 1.54) is 5.56 Å². The van der Waals surface area contributed by atoms with Gasteiger partial charge < -0.3 is 10.6 Å². The fourth-order valence-corrected chi connectivity index (χ4v) is 2.18. The van der Waals surface area contributed by atoms with Crippen LogP contribution in [0.4, 0.5) is 11.4 Å². The van der Waals surface area contributed by atoms with E-state index in [0.717, 1.165) is 36.5 Å². The summed E-state index contributed by atoms with van der Waals surface area (Å²) in [6.07, 6.45) is 3.93. The lowest BCUT2D eigenvalue weighted by Gasteiger charge is -2.08. The highest BCUT2D eigenvalue weighted by Gasteiger charge is 2.29. The van der Waals surface area contributed by atoms with Crippen LogP contribution in [0.25, 0.3) is 0 Å². The van der Waals surface area contributed by atoms with Gasteiger partial charge in [-0.25, -0.2) is 0 Å². The number of aryl methyl sites for hydroxylation is 1. The molecule has 3 rings (SSSR count). The second-order valence-electron chi connectivity index (χ2n) is 5.57. The fourth-order valence-electron chi connectivity index (χ4n) is 2.18. The molecule has 0 aliphatic heterocycles. The third kappa shape index (κ3) is 3.24. The topological polar surface area (TPSA) is 58.9 Å². The normalized spacial score (nSPS) is 14.0. The van der Waals surface area contributed by atoms with Gasteiger partial charge >= 0.3 is 0 Å². The average Bonchev–Trinajstić information content (AvgIpc) is 3.28. The summed E-state index contributed by atoms with van der Waals surface area (Å²) >= 11 is 0. The van der Waals surface area contributed by atoms with E-state index in [4.69, 9.17) is 0 Å². The van der Waals surface area contributed by atoms with Crippen molar-refractivity contribution < 1.29 is 4.79 Å². The first-order valence-corrected chi connectivity index (χ1v) is 7.26. The summed E-state index contributed by atoms with van der Waals surface area (Å²) in [4.78, 5) is 11.7. The van der Waals surface area contributed by atoms with Crippen molar-refractivity contribution in [2.75, 3.05) is 10.6 Å². The number of amides is 1. The van der Waals surface area contributed by atoms with Crippen molar-refractivity contribution in [3.63, 3.8) is 0 Å². The molecule has 2 N–H and O–H groups in total. The summed E-state index contributed by atoms with van der Waals surface area (Å²) in [6, 6.07) is 7.82. The van der Waals surface area contributed by atoms with Crippen LogP contribution in [0.3, 0.4) is 0 Å². The Morgan fingerprint density at radius 1 is 1.29 bits per heavy atom. The number of benzene rings is 1. The van der Waals surface area contributed by atoms with Crippen LogP contribution < -0.4 is 10.6 Å². The van der Waals surface area contributed by atoms with E-state index in [1.54, 1.807) is 0 Å². The Morgan fingerprint density at radius 3 is 2.52 bits per heavy atom. The Balaban J connectivity index is 1.56. The predicted molar refractivity (Wildman–Crippen MR) is 83.1 cm³/mol. The first-order chi connectivity index (χ1) is 10.1. The molecule has 1 heterocycles. The lowest BCUT2D eigenvalue weighted by atomic mass is 10.2. The molecular weight excluding hydrogens is 264 g/mol. The summed E-state index contributed by atoms with van der Waals surface area (Å²) in [6.45, 7) is 2.80. The monoisotopic (exact) mass is 284 g/mol. The first kappa shape index (κ1) is 13.7. The van der Waals surface area contributed by atoms with Crippen LogP contribution in [0.1, 0.15) is 24.1 Å². The van der Waals surface area contributed by atoms with Gasteiger partial charge in [-0.05, 0) is 44.0 Å².